The molecular weight excluding hydrogens is 486 g/mol. The van der Waals surface area contributed by atoms with Gasteiger partial charge in [0, 0.05) is 6.42 Å². The number of nitrogens with zero attached hydrogens (tertiary/aromatic N) is 6. The molecule has 0 saturated carbocycles. The summed E-state index contributed by atoms with van der Waals surface area (Å²) in [5, 5.41) is 2.70. The van der Waals surface area contributed by atoms with E-state index < -0.39 is 5.91 Å². The van der Waals surface area contributed by atoms with Crippen LogP contribution in [0.5, 0.6) is 0 Å². The van der Waals surface area contributed by atoms with Crippen LogP contribution < -0.4 is 5.32 Å². The second kappa shape index (κ2) is 8.30. The largest absolute Gasteiger partial charge is 0.448 e. The molecule has 0 aliphatic carbocycles. The van der Waals surface area contributed by atoms with Crippen molar-refractivity contribution >= 4 is 12.0 Å². The number of allylic oxidation sites excluding steroid dienone is 1. The minimum Gasteiger partial charge on any atom is -0.448 e. The zero-order valence-electron chi connectivity index (χ0n) is 18.6. The Labute approximate surface area is 205 Å². The van der Waals surface area contributed by atoms with Gasteiger partial charge in [-0.05, 0) is 6.08 Å². The van der Waals surface area contributed by atoms with Gasteiger partial charge in [0.15, 0.2) is 34.4 Å². The van der Waals surface area contributed by atoms with Crippen molar-refractivity contribution in [1.29, 1.82) is 0 Å². The first-order chi connectivity index (χ1) is 18.2. The lowest BCUT2D eigenvalue weighted by Crippen LogP contribution is -2.23. The van der Waals surface area contributed by atoms with Crippen LogP contribution in [-0.2, 0) is 13.0 Å². The fraction of sp³-hybridized carbons (Fsp3) is 0.0870. The van der Waals surface area contributed by atoms with E-state index >= 15 is 0 Å². The number of amides is 1. The Balaban J connectivity index is 1.23. The van der Waals surface area contributed by atoms with Gasteiger partial charge in [-0.3, -0.25) is 4.79 Å². The van der Waals surface area contributed by atoms with Crippen molar-refractivity contribution in [3.8, 4) is 46.3 Å². The fourth-order valence-corrected chi connectivity index (χ4v) is 3.47. The third-order valence-electron chi connectivity index (χ3n) is 5.23. The number of nitrogens with one attached hydrogen (secondary N) is 1. The Bertz CT molecular complexity index is 1760. The SMILES string of the molecule is O=C1NCc2coc(n2)-c2coc(n2)-c2coc(n2)/C=C/Cc2nc(co2)-c2nc(co2)-c2nc1co2. The van der Waals surface area contributed by atoms with Gasteiger partial charge in [0.2, 0.25) is 29.5 Å². The molecule has 14 nitrogen and oxygen atoms in total. The molecule has 0 fully saturated rings. The molecule has 37 heavy (non-hydrogen) atoms. The molecule has 0 unspecified atom stereocenters. The predicted octanol–water partition coefficient (Wildman–Crippen LogP) is 3.78. The van der Waals surface area contributed by atoms with E-state index in [4.69, 9.17) is 26.5 Å². The van der Waals surface area contributed by atoms with Crippen molar-refractivity contribution in [2.24, 2.45) is 0 Å². The van der Waals surface area contributed by atoms with Gasteiger partial charge in [0.1, 0.15) is 37.6 Å². The Kier molecular flexibility index (Phi) is 4.67. The first kappa shape index (κ1) is 20.8. The van der Waals surface area contributed by atoms with Gasteiger partial charge in [-0.2, -0.15) is 0 Å². The number of hydrogen-bond acceptors (Lipinski definition) is 13. The van der Waals surface area contributed by atoms with E-state index in [1.54, 1.807) is 12.2 Å². The van der Waals surface area contributed by atoms with Crippen LogP contribution in [0.1, 0.15) is 28.0 Å². The molecular formula is C23H13N7O7. The summed E-state index contributed by atoms with van der Waals surface area (Å²) in [4.78, 5) is 38.5. The maximum atomic E-state index is 12.6. The Morgan fingerprint density at radius 2 is 1.16 bits per heavy atom. The highest BCUT2D eigenvalue weighted by Gasteiger charge is 2.20. The molecule has 6 aromatic heterocycles. The van der Waals surface area contributed by atoms with Crippen molar-refractivity contribution < 1.29 is 31.3 Å². The average molecular weight is 499 g/mol. The van der Waals surface area contributed by atoms with E-state index in [1.165, 1.54) is 37.6 Å². The van der Waals surface area contributed by atoms with Crippen molar-refractivity contribution in [3.05, 3.63) is 66.8 Å². The summed E-state index contributed by atoms with van der Waals surface area (Å²) in [6.45, 7) is 0.0802. The van der Waals surface area contributed by atoms with Crippen LogP contribution in [-0.4, -0.2) is 35.8 Å². The van der Waals surface area contributed by atoms with Gasteiger partial charge in [-0.25, -0.2) is 29.9 Å². The van der Waals surface area contributed by atoms with Gasteiger partial charge in [0.25, 0.3) is 5.91 Å². The molecule has 0 aromatic carbocycles. The molecule has 0 spiro atoms. The van der Waals surface area contributed by atoms with Crippen LogP contribution >= 0.6 is 0 Å². The molecule has 1 aliphatic heterocycles. The van der Waals surface area contributed by atoms with Gasteiger partial charge in [0.05, 0.1) is 12.2 Å². The van der Waals surface area contributed by atoms with Gasteiger partial charge in [-0.1, -0.05) is 6.08 Å². The normalized spacial score (nSPS) is 14.2. The molecule has 0 atom stereocenters. The summed E-state index contributed by atoms with van der Waals surface area (Å²) in [6, 6.07) is 0. The lowest BCUT2D eigenvalue weighted by Gasteiger charge is -1.98. The summed E-state index contributed by atoms with van der Waals surface area (Å²) in [6.07, 6.45) is 12.0. The number of hydrogen-bond donors (Lipinski definition) is 1. The van der Waals surface area contributed by atoms with E-state index in [0.717, 1.165) is 0 Å². The van der Waals surface area contributed by atoms with Crippen LogP contribution in [0.4, 0.5) is 0 Å². The van der Waals surface area contributed by atoms with E-state index in [-0.39, 0.29) is 35.8 Å². The number of oxazole rings is 6. The first-order valence-electron chi connectivity index (χ1n) is 10.8. The molecule has 12 bridgehead atoms. The number of rotatable bonds is 0. The topological polar surface area (TPSA) is 185 Å². The minimum absolute atomic E-state index is 0.0568. The zero-order valence-corrected chi connectivity index (χ0v) is 18.6. The molecule has 1 amide bonds. The van der Waals surface area contributed by atoms with Crippen molar-refractivity contribution in [3.63, 3.8) is 0 Å². The minimum atomic E-state index is -0.475. The smallest absolute Gasteiger partial charge is 0.273 e. The third-order valence-corrected chi connectivity index (χ3v) is 5.23. The van der Waals surface area contributed by atoms with Crippen molar-refractivity contribution in [1.82, 2.24) is 35.2 Å². The Hall–Kier alpha value is -5.53. The summed E-state index contributed by atoms with van der Waals surface area (Å²) < 4.78 is 32.9. The van der Waals surface area contributed by atoms with Crippen LogP contribution in [0.3, 0.4) is 0 Å². The first-order valence-corrected chi connectivity index (χ1v) is 10.8. The number of fused-ring (bicyclic) bond motifs is 16. The van der Waals surface area contributed by atoms with Crippen LogP contribution in [0.25, 0.3) is 52.4 Å². The highest BCUT2D eigenvalue weighted by molar-refractivity contribution is 5.92. The molecule has 0 saturated heterocycles. The second-order valence-corrected chi connectivity index (χ2v) is 7.74. The maximum absolute atomic E-state index is 12.6. The lowest BCUT2D eigenvalue weighted by molar-refractivity contribution is 0.0945. The summed E-state index contributed by atoms with van der Waals surface area (Å²) in [5.41, 5.74) is 1.95. The summed E-state index contributed by atoms with van der Waals surface area (Å²) in [7, 11) is 0. The van der Waals surface area contributed by atoms with E-state index in [9.17, 15) is 4.79 Å². The number of aromatic nitrogens is 6. The van der Waals surface area contributed by atoms with Crippen LogP contribution in [0, 0.1) is 0 Å². The average Bonchev–Trinajstić information content (AvgIpc) is 3.74. The molecule has 6 aromatic rings. The molecule has 7 rings (SSSR count). The molecule has 1 N–H and O–H groups in total. The lowest BCUT2D eigenvalue weighted by atomic mass is 10.3. The van der Waals surface area contributed by atoms with E-state index in [1.807, 2.05) is 0 Å². The molecule has 1 aliphatic rings. The van der Waals surface area contributed by atoms with Crippen molar-refractivity contribution in [2.75, 3.05) is 0 Å². The standard InChI is InChI=1S/C23H13N7O7/c31-19-12-6-35-23(28-12)16-10-37-22(30-16)14-8-33-18(27-14)3-1-2-17-26-13(7-32-17)21-29-15(9-36-21)20-25-11(4-24-19)5-34-20/h1-2,5-10H,3-4H2,(H,24,31)/b2-1+. The monoisotopic (exact) mass is 499 g/mol. The second-order valence-electron chi connectivity index (χ2n) is 7.74. The molecule has 14 heteroatoms. The van der Waals surface area contributed by atoms with Gasteiger partial charge in [-0.15, -0.1) is 0 Å². The van der Waals surface area contributed by atoms with Crippen molar-refractivity contribution in [2.45, 2.75) is 13.0 Å². The summed E-state index contributed by atoms with van der Waals surface area (Å²) in [5.74, 6) is 1.04. The zero-order chi connectivity index (χ0) is 24.8. The number of carbonyl (C=O) groups is 1. The quantitative estimate of drug-likeness (QED) is 0.318. The maximum Gasteiger partial charge on any atom is 0.273 e. The van der Waals surface area contributed by atoms with Gasteiger partial charge >= 0.3 is 0 Å². The summed E-state index contributed by atoms with van der Waals surface area (Å²) >= 11 is 0. The Morgan fingerprint density at radius 3 is 1.95 bits per heavy atom. The molecule has 0 radical (unpaired) electrons. The van der Waals surface area contributed by atoms with E-state index in [0.29, 0.717) is 46.7 Å². The highest BCUT2D eigenvalue weighted by atomic mass is 16.4. The third kappa shape index (κ3) is 3.91. The van der Waals surface area contributed by atoms with Crippen LogP contribution in [0.2, 0.25) is 0 Å². The predicted molar refractivity (Wildman–Crippen MR) is 119 cm³/mol. The highest BCUT2D eigenvalue weighted by Crippen LogP contribution is 2.26. The molecule has 182 valence electrons. The fourth-order valence-electron chi connectivity index (χ4n) is 3.47. The van der Waals surface area contributed by atoms with E-state index in [2.05, 4.69) is 35.2 Å². The Morgan fingerprint density at radius 1 is 0.595 bits per heavy atom. The number of carbonyl (C=O) groups excluding carboxylic acids is 1. The van der Waals surface area contributed by atoms with Crippen LogP contribution in [0.15, 0.2) is 70.2 Å². The van der Waals surface area contributed by atoms with Gasteiger partial charge < -0.3 is 31.8 Å². The molecule has 7 heterocycles.